The third-order valence-corrected chi connectivity index (χ3v) is 6.19. The van der Waals surface area contributed by atoms with Crippen LogP contribution < -0.4 is 0 Å². The van der Waals surface area contributed by atoms with E-state index in [2.05, 4.69) is 13.8 Å². The molecule has 2 N–H and O–H groups in total. The molecule has 0 radical (unpaired) electrons. The van der Waals surface area contributed by atoms with E-state index in [-0.39, 0.29) is 23.2 Å². The summed E-state index contributed by atoms with van der Waals surface area (Å²) in [5.41, 5.74) is -0.0997. The maximum absolute atomic E-state index is 11.7. The Kier molecular flexibility index (Phi) is 4.31. The SMILES string of the molecule is CO[C@@H]1[C@H]2[C@H](O)O[C@@]3([C@@H](OC(C)=O)C/C(C)=C\[C@H]1O)[C@@H]2CC3(C)C. The van der Waals surface area contributed by atoms with Crippen molar-refractivity contribution in [1.29, 1.82) is 0 Å². The Morgan fingerprint density at radius 3 is 2.58 bits per heavy atom. The van der Waals surface area contributed by atoms with Gasteiger partial charge in [-0.25, -0.2) is 0 Å². The Morgan fingerprint density at radius 1 is 1.38 bits per heavy atom. The van der Waals surface area contributed by atoms with Crippen molar-refractivity contribution in [1.82, 2.24) is 0 Å². The molecule has 2 aliphatic carbocycles. The summed E-state index contributed by atoms with van der Waals surface area (Å²) in [4.78, 5) is 11.7. The van der Waals surface area contributed by atoms with Crippen LogP contribution in [0.1, 0.15) is 40.5 Å². The zero-order valence-electron chi connectivity index (χ0n) is 15.0. The van der Waals surface area contributed by atoms with E-state index in [4.69, 9.17) is 14.2 Å². The van der Waals surface area contributed by atoms with Gasteiger partial charge in [-0.2, -0.15) is 0 Å². The average molecular weight is 340 g/mol. The predicted molar refractivity (Wildman–Crippen MR) is 85.9 cm³/mol. The molecule has 1 heterocycles. The van der Waals surface area contributed by atoms with Crippen molar-refractivity contribution in [3.8, 4) is 0 Å². The van der Waals surface area contributed by atoms with Gasteiger partial charge in [-0.15, -0.1) is 0 Å². The number of methoxy groups -OCH3 is 1. The number of ether oxygens (including phenoxy) is 3. The van der Waals surface area contributed by atoms with Gasteiger partial charge in [-0.3, -0.25) is 4.79 Å². The fourth-order valence-corrected chi connectivity index (χ4v) is 5.27. The first kappa shape index (κ1) is 17.9. The number of carbonyl (C=O) groups is 1. The average Bonchev–Trinajstić information content (AvgIpc) is 2.70. The summed E-state index contributed by atoms with van der Waals surface area (Å²) in [6.45, 7) is 7.44. The molecule has 2 bridgehead atoms. The number of hydrogen-bond donors (Lipinski definition) is 2. The lowest BCUT2D eigenvalue weighted by molar-refractivity contribution is -0.276. The molecule has 0 aromatic rings. The normalized spacial score (nSPS) is 48.9. The highest BCUT2D eigenvalue weighted by Gasteiger charge is 2.75. The van der Waals surface area contributed by atoms with Gasteiger partial charge in [0.25, 0.3) is 0 Å². The third-order valence-electron chi connectivity index (χ3n) is 6.19. The third kappa shape index (κ3) is 2.35. The first-order chi connectivity index (χ1) is 11.1. The maximum atomic E-state index is 11.7. The first-order valence-electron chi connectivity index (χ1n) is 8.55. The largest absolute Gasteiger partial charge is 0.459 e. The van der Waals surface area contributed by atoms with E-state index in [1.165, 1.54) is 14.0 Å². The molecule has 0 amide bonds. The molecule has 0 spiro atoms. The molecule has 0 aromatic carbocycles. The minimum atomic E-state index is -1.05. The highest BCUT2D eigenvalue weighted by atomic mass is 16.7. The van der Waals surface area contributed by atoms with Gasteiger partial charge in [0, 0.05) is 32.3 Å². The minimum Gasteiger partial charge on any atom is -0.459 e. The lowest BCUT2D eigenvalue weighted by atomic mass is 9.47. The van der Waals surface area contributed by atoms with Crippen LogP contribution in [0.25, 0.3) is 0 Å². The van der Waals surface area contributed by atoms with Crippen molar-refractivity contribution >= 4 is 5.97 Å². The Morgan fingerprint density at radius 2 is 2.04 bits per heavy atom. The van der Waals surface area contributed by atoms with Crippen LogP contribution in [0.2, 0.25) is 0 Å². The van der Waals surface area contributed by atoms with Crippen LogP contribution in [0, 0.1) is 17.3 Å². The van der Waals surface area contributed by atoms with Crippen LogP contribution in [-0.2, 0) is 19.0 Å². The fourth-order valence-electron chi connectivity index (χ4n) is 5.27. The molecule has 24 heavy (non-hydrogen) atoms. The highest BCUT2D eigenvalue weighted by Crippen LogP contribution is 2.67. The maximum Gasteiger partial charge on any atom is 0.303 e. The van der Waals surface area contributed by atoms with Crippen molar-refractivity contribution in [2.75, 3.05) is 7.11 Å². The Bertz CT molecular complexity index is 556. The zero-order chi connectivity index (χ0) is 17.9. The molecule has 0 aromatic heterocycles. The van der Waals surface area contributed by atoms with E-state index in [0.29, 0.717) is 6.42 Å². The number of esters is 1. The molecule has 1 aliphatic heterocycles. The number of rotatable bonds is 2. The molecular weight excluding hydrogens is 312 g/mol. The van der Waals surface area contributed by atoms with Crippen LogP contribution in [0.15, 0.2) is 11.6 Å². The summed E-state index contributed by atoms with van der Waals surface area (Å²) in [6, 6.07) is 0. The number of carbonyl (C=O) groups excluding carboxylic acids is 1. The van der Waals surface area contributed by atoms with E-state index in [0.717, 1.165) is 12.0 Å². The molecule has 2 fully saturated rings. The van der Waals surface area contributed by atoms with E-state index in [9.17, 15) is 15.0 Å². The van der Waals surface area contributed by atoms with E-state index in [1.807, 2.05) is 6.92 Å². The second-order valence-corrected chi connectivity index (χ2v) is 8.08. The second kappa shape index (κ2) is 5.80. The summed E-state index contributed by atoms with van der Waals surface area (Å²) in [6.07, 6.45) is 0.0673. The summed E-state index contributed by atoms with van der Waals surface area (Å²) >= 11 is 0. The van der Waals surface area contributed by atoms with Crippen molar-refractivity contribution in [3.05, 3.63) is 11.6 Å². The predicted octanol–water partition coefficient (Wildman–Crippen LogP) is 1.39. The Hall–Kier alpha value is -0.950. The molecule has 0 unspecified atom stereocenters. The van der Waals surface area contributed by atoms with Crippen LogP contribution in [-0.4, -0.2) is 53.5 Å². The van der Waals surface area contributed by atoms with Crippen molar-refractivity contribution in [3.63, 3.8) is 0 Å². The minimum absolute atomic E-state index is 0.0363. The van der Waals surface area contributed by atoms with E-state index in [1.54, 1.807) is 6.08 Å². The summed E-state index contributed by atoms with van der Waals surface area (Å²) in [5.74, 6) is -0.766. The van der Waals surface area contributed by atoms with Crippen molar-refractivity contribution in [2.24, 2.45) is 17.3 Å². The van der Waals surface area contributed by atoms with Crippen molar-refractivity contribution in [2.45, 2.75) is 70.7 Å². The van der Waals surface area contributed by atoms with Gasteiger partial charge in [-0.1, -0.05) is 25.5 Å². The van der Waals surface area contributed by atoms with Crippen LogP contribution in [0.5, 0.6) is 0 Å². The van der Waals surface area contributed by atoms with Crippen LogP contribution >= 0.6 is 0 Å². The molecule has 6 nitrogen and oxygen atoms in total. The van der Waals surface area contributed by atoms with Gasteiger partial charge in [0.15, 0.2) is 6.29 Å². The van der Waals surface area contributed by atoms with Crippen LogP contribution in [0.4, 0.5) is 0 Å². The van der Waals surface area contributed by atoms with E-state index >= 15 is 0 Å². The lowest BCUT2D eigenvalue weighted by Crippen LogP contribution is -2.68. The summed E-state index contributed by atoms with van der Waals surface area (Å²) < 4.78 is 17.3. The fraction of sp³-hybridized carbons (Fsp3) is 0.833. The van der Waals surface area contributed by atoms with Gasteiger partial charge in [-0.05, 0) is 18.8 Å². The van der Waals surface area contributed by atoms with Gasteiger partial charge >= 0.3 is 5.97 Å². The van der Waals surface area contributed by atoms with Gasteiger partial charge in [0.1, 0.15) is 11.7 Å². The van der Waals surface area contributed by atoms with Crippen LogP contribution in [0.3, 0.4) is 0 Å². The second-order valence-electron chi connectivity index (χ2n) is 8.08. The summed E-state index contributed by atoms with van der Waals surface area (Å²) in [5, 5.41) is 21.2. The smallest absolute Gasteiger partial charge is 0.303 e. The topological polar surface area (TPSA) is 85.2 Å². The molecule has 3 rings (SSSR count). The highest BCUT2D eigenvalue weighted by molar-refractivity contribution is 5.66. The van der Waals surface area contributed by atoms with Gasteiger partial charge < -0.3 is 24.4 Å². The molecule has 7 atom stereocenters. The standard InChI is InChI=1S/C18H28O6/c1-9-6-12(20)15(22-5)14-11-8-17(3,4)18(11,24-16(14)21)13(7-9)23-10(2)19/h6,11-16,20-21H,7-8H2,1-5H3/b9-6-/t11-,12-,13+,14+,15+,16-,18-/m1/s1. The molecule has 1 saturated carbocycles. The number of aliphatic hydroxyl groups is 2. The Balaban J connectivity index is 2.11. The van der Waals surface area contributed by atoms with Crippen molar-refractivity contribution < 1.29 is 29.2 Å². The van der Waals surface area contributed by atoms with Gasteiger partial charge in [0.05, 0.1) is 12.2 Å². The number of aliphatic hydroxyl groups excluding tert-OH is 2. The number of hydrogen-bond acceptors (Lipinski definition) is 6. The van der Waals surface area contributed by atoms with Gasteiger partial charge in [0.2, 0.25) is 0 Å². The molecule has 1 saturated heterocycles. The molecule has 136 valence electrons. The Labute approximate surface area is 142 Å². The zero-order valence-corrected chi connectivity index (χ0v) is 15.0. The summed E-state index contributed by atoms with van der Waals surface area (Å²) in [7, 11) is 1.54. The molecule has 6 heteroatoms. The molecule has 3 aliphatic rings. The van der Waals surface area contributed by atoms with E-state index < -0.39 is 30.2 Å². The first-order valence-corrected chi connectivity index (χ1v) is 8.55. The molecular formula is C18H28O6. The quantitative estimate of drug-likeness (QED) is 0.584. The monoisotopic (exact) mass is 340 g/mol. The lowest BCUT2D eigenvalue weighted by Gasteiger charge is -2.61.